The van der Waals surface area contributed by atoms with Crippen LogP contribution in [0, 0.1) is 0 Å². The molecule has 1 heterocycles. The van der Waals surface area contributed by atoms with E-state index in [1.54, 1.807) is 0 Å². The lowest BCUT2D eigenvalue weighted by molar-refractivity contribution is 1.09. The van der Waals surface area contributed by atoms with Crippen LogP contribution in [0.25, 0.3) is 0 Å². The van der Waals surface area contributed by atoms with E-state index in [-0.39, 0.29) is 7.43 Å². The Balaban J connectivity index is 0.000000490. The Bertz CT molecular complexity index is 144. The maximum absolute atomic E-state index is 5.38. The number of H-pyrrole nitrogens is 1. The Morgan fingerprint density at radius 3 is 2.50 bits per heavy atom. The molecule has 46 valence electrons. The zero-order valence-electron chi connectivity index (χ0n) is 3.48. The molecule has 4 heteroatoms. The van der Waals surface area contributed by atoms with Gasteiger partial charge in [-0.15, -0.1) is 0 Å². The van der Waals surface area contributed by atoms with E-state index >= 15 is 0 Å². The molecular weight excluding hydrogens is 126 g/mol. The molecule has 0 aliphatic carbocycles. The Morgan fingerprint density at radius 1 is 1.75 bits per heavy atom. The van der Waals surface area contributed by atoms with Gasteiger partial charge in [-0.3, -0.25) is 5.10 Å². The molecule has 1 rings (SSSR count). The molecule has 0 fully saturated rings. The second-order valence-electron chi connectivity index (χ2n) is 1.14. The van der Waals surface area contributed by atoms with E-state index in [0.29, 0.717) is 10.8 Å². The van der Waals surface area contributed by atoms with Gasteiger partial charge >= 0.3 is 0 Å². The minimum atomic E-state index is 0. The van der Waals surface area contributed by atoms with Crippen LogP contribution in [0.5, 0.6) is 0 Å². The van der Waals surface area contributed by atoms with Crippen LogP contribution in [0.2, 0.25) is 5.15 Å². The van der Waals surface area contributed by atoms with Gasteiger partial charge in [0.2, 0.25) is 0 Å². The van der Waals surface area contributed by atoms with E-state index in [9.17, 15) is 0 Å². The molecule has 1 aromatic rings. The van der Waals surface area contributed by atoms with Gasteiger partial charge in [0, 0.05) is 0 Å². The third kappa shape index (κ3) is 1.13. The number of nitrogens with two attached hydrogens (primary N) is 1. The second-order valence-corrected chi connectivity index (χ2v) is 1.52. The van der Waals surface area contributed by atoms with Gasteiger partial charge < -0.3 is 5.73 Å². The Hall–Kier alpha value is -0.700. The Labute approximate surface area is 52.8 Å². The van der Waals surface area contributed by atoms with Crippen LogP contribution in [-0.2, 0) is 0 Å². The van der Waals surface area contributed by atoms with Gasteiger partial charge in [0.05, 0.1) is 11.9 Å². The SMILES string of the molecule is C.Nc1cn[nH]c1Cl. The van der Waals surface area contributed by atoms with Crippen molar-refractivity contribution in [3.63, 3.8) is 0 Å². The smallest absolute Gasteiger partial charge is 0.147 e. The normalized spacial score (nSPS) is 8.12. The minimum absolute atomic E-state index is 0. The third-order valence-electron chi connectivity index (χ3n) is 0.620. The van der Waals surface area contributed by atoms with Crippen molar-refractivity contribution in [1.29, 1.82) is 0 Å². The highest BCUT2D eigenvalue weighted by Gasteiger charge is 1.91. The fourth-order valence-corrected chi connectivity index (χ4v) is 0.377. The predicted octanol–water partition coefficient (Wildman–Crippen LogP) is 1.28. The van der Waals surface area contributed by atoms with Crippen LogP contribution >= 0.6 is 11.6 Å². The molecule has 1 aromatic heterocycles. The summed E-state index contributed by atoms with van der Waals surface area (Å²) in [4.78, 5) is 0. The summed E-state index contributed by atoms with van der Waals surface area (Å²) in [6.07, 6.45) is 1.46. The summed E-state index contributed by atoms with van der Waals surface area (Å²) >= 11 is 5.38. The fourth-order valence-electron chi connectivity index (χ4n) is 0.280. The van der Waals surface area contributed by atoms with Crippen molar-refractivity contribution in [1.82, 2.24) is 10.2 Å². The first-order chi connectivity index (χ1) is 3.30. The minimum Gasteiger partial charge on any atom is -0.395 e. The number of rotatable bonds is 0. The predicted molar refractivity (Wildman–Crippen MR) is 34.7 cm³/mol. The first-order valence-corrected chi connectivity index (χ1v) is 2.13. The maximum Gasteiger partial charge on any atom is 0.147 e. The summed E-state index contributed by atoms with van der Waals surface area (Å²) in [5, 5.41) is 6.40. The van der Waals surface area contributed by atoms with Crippen molar-refractivity contribution >= 4 is 17.3 Å². The Morgan fingerprint density at radius 2 is 2.38 bits per heavy atom. The number of nitrogens with zero attached hydrogens (tertiary/aromatic N) is 1. The van der Waals surface area contributed by atoms with Gasteiger partial charge in [-0.05, 0) is 0 Å². The zero-order chi connectivity index (χ0) is 5.28. The monoisotopic (exact) mass is 133 g/mol. The maximum atomic E-state index is 5.38. The highest BCUT2D eigenvalue weighted by atomic mass is 35.5. The van der Waals surface area contributed by atoms with Gasteiger partial charge in [0.25, 0.3) is 0 Å². The van der Waals surface area contributed by atoms with E-state index in [4.69, 9.17) is 17.3 Å². The van der Waals surface area contributed by atoms with Crippen LogP contribution in [-0.4, -0.2) is 10.2 Å². The lowest BCUT2D eigenvalue weighted by Crippen LogP contribution is -1.78. The van der Waals surface area contributed by atoms with E-state index in [2.05, 4.69) is 10.2 Å². The average molecular weight is 134 g/mol. The van der Waals surface area contributed by atoms with Crippen LogP contribution < -0.4 is 5.73 Å². The average Bonchev–Trinajstić information content (AvgIpc) is 1.91. The topological polar surface area (TPSA) is 54.7 Å². The lowest BCUT2D eigenvalue weighted by atomic mass is 10.6. The molecule has 0 aliphatic heterocycles. The van der Waals surface area contributed by atoms with Crippen molar-refractivity contribution < 1.29 is 0 Å². The van der Waals surface area contributed by atoms with E-state index in [1.165, 1.54) is 6.20 Å². The van der Waals surface area contributed by atoms with Crippen LogP contribution in [0.3, 0.4) is 0 Å². The number of halogens is 1. The first kappa shape index (κ1) is 7.30. The zero-order valence-corrected chi connectivity index (χ0v) is 4.24. The third-order valence-corrected chi connectivity index (χ3v) is 0.923. The van der Waals surface area contributed by atoms with Crippen LogP contribution in [0.1, 0.15) is 7.43 Å². The van der Waals surface area contributed by atoms with Crippen molar-refractivity contribution in [3.8, 4) is 0 Å². The summed E-state index contributed by atoms with van der Waals surface area (Å²) in [6.45, 7) is 0. The molecule has 0 bridgehead atoms. The standard InChI is InChI=1S/C3H4ClN3.CH4/c4-3-2(5)1-6-7-3;/h1H,5H2,(H,6,7);1H4. The summed E-state index contributed by atoms with van der Waals surface area (Å²) < 4.78 is 0. The van der Waals surface area contributed by atoms with E-state index in [0.717, 1.165) is 0 Å². The summed E-state index contributed by atoms with van der Waals surface area (Å²) in [5.41, 5.74) is 5.70. The lowest BCUT2D eigenvalue weighted by Gasteiger charge is -1.76. The summed E-state index contributed by atoms with van der Waals surface area (Å²) in [7, 11) is 0. The van der Waals surface area contributed by atoms with E-state index < -0.39 is 0 Å². The molecule has 0 unspecified atom stereocenters. The number of nitrogens with one attached hydrogen (secondary N) is 1. The number of hydrogen-bond donors (Lipinski definition) is 2. The van der Waals surface area contributed by atoms with Gasteiger partial charge in [-0.25, -0.2) is 0 Å². The number of anilines is 1. The highest BCUT2D eigenvalue weighted by Crippen LogP contribution is 2.10. The number of aromatic nitrogens is 2. The molecular formula is C4H8ClN3. The summed E-state index contributed by atoms with van der Waals surface area (Å²) in [5.74, 6) is 0. The van der Waals surface area contributed by atoms with Crippen molar-refractivity contribution in [2.24, 2.45) is 0 Å². The number of nitrogen functional groups attached to an aromatic ring is 1. The van der Waals surface area contributed by atoms with Crippen LogP contribution in [0.15, 0.2) is 6.20 Å². The molecule has 3 nitrogen and oxygen atoms in total. The largest absolute Gasteiger partial charge is 0.395 e. The molecule has 0 saturated carbocycles. The van der Waals surface area contributed by atoms with Gasteiger partial charge in [-0.2, -0.15) is 5.10 Å². The molecule has 0 aliphatic rings. The number of hydrogen-bond acceptors (Lipinski definition) is 2. The molecule has 0 spiro atoms. The van der Waals surface area contributed by atoms with Gasteiger partial charge in [0.1, 0.15) is 5.15 Å². The molecule has 0 aromatic carbocycles. The van der Waals surface area contributed by atoms with Gasteiger partial charge in [0.15, 0.2) is 0 Å². The number of aromatic amines is 1. The molecule has 3 N–H and O–H groups in total. The second kappa shape index (κ2) is 2.57. The summed E-state index contributed by atoms with van der Waals surface area (Å²) in [6, 6.07) is 0. The molecule has 0 radical (unpaired) electrons. The molecule has 0 amide bonds. The quantitative estimate of drug-likeness (QED) is 0.560. The highest BCUT2D eigenvalue weighted by molar-refractivity contribution is 6.31. The molecule has 0 saturated heterocycles. The van der Waals surface area contributed by atoms with Crippen molar-refractivity contribution in [2.45, 2.75) is 7.43 Å². The van der Waals surface area contributed by atoms with Crippen molar-refractivity contribution in [3.05, 3.63) is 11.3 Å². The van der Waals surface area contributed by atoms with E-state index in [1.807, 2.05) is 0 Å². The molecule has 8 heavy (non-hydrogen) atoms. The molecule has 0 atom stereocenters. The van der Waals surface area contributed by atoms with Crippen LogP contribution in [0.4, 0.5) is 5.69 Å². The Kier molecular flexibility index (Phi) is 2.34. The fraction of sp³-hybridized carbons (Fsp3) is 0.250. The van der Waals surface area contributed by atoms with Gasteiger partial charge in [-0.1, -0.05) is 19.0 Å². The first-order valence-electron chi connectivity index (χ1n) is 1.75. The van der Waals surface area contributed by atoms with Crippen molar-refractivity contribution in [2.75, 3.05) is 5.73 Å².